The SMILES string of the molecule is CCCCCCCC(=O)O.[Ba+2].[Cd].[H-].[H-].[Zn]. The van der Waals surface area contributed by atoms with Crippen LogP contribution in [-0.2, 0) is 51.6 Å². The maximum atomic E-state index is 10.0. The molecule has 0 aliphatic heterocycles. The van der Waals surface area contributed by atoms with Gasteiger partial charge in [-0.2, -0.15) is 0 Å². The zero-order valence-electron chi connectivity index (χ0n) is 10.7. The molecule has 0 aliphatic carbocycles. The molecule has 0 heterocycles. The Morgan fingerprint density at radius 2 is 1.69 bits per heavy atom. The molecule has 0 rings (SSSR count). The van der Waals surface area contributed by atoms with E-state index in [1.807, 2.05) is 0 Å². The Balaban J connectivity index is -0.0000000405. The first-order valence-electron chi connectivity index (χ1n) is 3.99. The molecular formula is C8H18BaCdO2Zn. The maximum absolute atomic E-state index is 10.0. The van der Waals surface area contributed by atoms with Crippen LogP contribution in [0.25, 0.3) is 0 Å². The van der Waals surface area contributed by atoms with Crippen LogP contribution in [0, 0.1) is 0 Å². The Morgan fingerprint density at radius 3 is 2.08 bits per heavy atom. The van der Waals surface area contributed by atoms with Crippen LogP contribution in [-0.4, -0.2) is 60.0 Å². The van der Waals surface area contributed by atoms with Crippen LogP contribution < -0.4 is 0 Å². The number of carboxylic acid groups (broad SMARTS) is 1. The second-order valence-electron chi connectivity index (χ2n) is 2.56. The number of carbonyl (C=O) groups is 1. The summed E-state index contributed by atoms with van der Waals surface area (Å²) in [5.41, 5.74) is 0. The average molecular weight is 461 g/mol. The van der Waals surface area contributed by atoms with E-state index >= 15 is 0 Å². The van der Waals surface area contributed by atoms with E-state index in [-0.39, 0.29) is 98.5 Å². The third-order valence-electron chi connectivity index (χ3n) is 1.49. The van der Waals surface area contributed by atoms with Gasteiger partial charge in [0, 0.05) is 53.2 Å². The van der Waals surface area contributed by atoms with Crippen LogP contribution in [0.15, 0.2) is 0 Å². The molecule has 1 N–H and O–H groups in total. The summed E-state index contributed by atoms with van der Waals surface area (Å²) >= 11 is 0. The van der Waals surface area contributed by atoms with Crippen molar-refractivity contribution in [1.82, 2.24) is 0 Å². The molecule has 0 aromatic carbocycles. The second-order valence-corrected chi connectivity index (χ2v) is 2.56. The van der Waals surface area contributed by atoms with E-state index in [1.165, 1.54) is 19.3 Å². The summed E-state index contributed by atoms with van der Waals surface area (Å²) in [6.45, 7) is 2.15. The van der Waals surface area contributed by atoms with Crippen molar-refractivity contribution >= 4 is 54.9 Å². The zero-order chi connectivity index (χ0) is 7.82. The van der Waals surface area contributed by atoms with Gasteiger partial charge in [-0.05, 0) is 6.42 Å². The summed E-state index contributed by atoms with van der Waals surface area (Å²) in [6, 6.07) is 0. The summed E-state index contributed by atoms with van der Waals surface area (Å²) in [6.07, 6.45) is 5.88. The molecule has 0 saturated heterocycles. The van der Waals surface area contributed by atoms with Gasteiger partial charge in [0.2, 0.25) is 0 Å². The normalized spacial score (nSPS) is 7.46. The van der Waals surface area contributed by atoms with Crippen LogP contribution in [0.3, 0.4) is 0 Å². The van der Waals surface area contributed by atoms with Gasteiger partial charge in [-0.3, -0.25) is 4.79 Å². The Labute approximate surface area is 157 Å². The monoisotopic (exact) mass is 462 g/mol. The van der Waals surface area contributed by atoms with E-state index in [9.17, 15) is 4.79 Å². The van der Waals surface area contributed by atoms with Gasteiger partial charge in [0.25, 0.3) is 0 Å². The smallest absolute Gasteiger partial charge is 1.00 e. The molecule has 13 heavy (non-hydrogen) atoms. The van der Waals surface area contributed by atoms with Crippen molar-refractivity contribution < 1.29 is 59.5 Å². The van der Waals surface area contributed by atoms with E-state index < -0.39 is 5.97 Å². The molecule has 0 bridgehead atoms. The largest absolute Gasteiger partial charge is 2.00 e. The van der Waals surface area contributed by atoms with E-state index in [0.717, 1.165) is 12.8 Å². The fourth-order valence-corrected chi connectivity index (χ4v) is 0.880. The van der Waals surface area contributed by atoms with Crippen LogP contribution in [0.5, 0.6) is 0 Å². The Morgan fingerprint density at radius 1 is 1.23 bits per heavy atom. The molecule has 0 radical (unpaired) electrons. The quantitative estimate of drug-likeness (QED) is 0.487. The molecular weight excluding hydrogens is 443 g/mol. The van der Waals surface area contributed by atoms with E-state index in [2.05, 4.69) is 6.92 Å². The van der Waals surface area contributed by atoms with E-state index in [1.54, 1.807) is 0 Å². The Kier molecular flexibility index (Phi) is 38.1. The van der Waals surface area contributed by atoms with Gasteiger partial charge < -0.3 is 7.96 Å². The molecule has 0 aromatic heterocycles. The summed E-state index contributed by atoms with van der Waals surface area (Å²) in [7, 11) is 0. The fraction of sp³-hybridized carbons (Fsp3) is 0.875. The van der Waals surface area contributed by atoms with Gasteiger partial charge in [-0.25, -0.2) is 0 Å². The standard InChI is InChI=1S/C8H16O2.Ba.Cd.Zn.2H/c1-2-3-4-5-6-7-8(9)10;;;;;/h2-7H2,1H3,(H,9,10);;;;;/q;+2;;;2*-1. The molecule has 68 valence electrons. The molecule has 0 spiro atoms. The van der Waals surface area contributed by atoms with Crippen molar-refractivity contribution in [3.05, 3.63) is 0 Å². The first-order chi connectivity index (χ1) is 4.77. The summed E-state index contributed by atoms with van der Waals surface area (Å²) < 4.78 is 0. The van der Waals surface area contributed by atoms with Gasteiger partial charge in [-0.1, -0.05) is 32.6 Å². The molecule has 0 atom stereocenters. The molecule has 0 saturated carbocycles. The number of hydrogen-bond donors (Lipinski definition) is 1. The fourth-order valence-electron chi connectivity index (χ4n) is 0.880. The van der Waals surface area contributed by atoms with Crippen molar-refractivity contribution in [3.63, 3.8) is 0 Å². The van der Waals surface area contributed by atoms with Crippen LogP contribution in [0.2, 0.25) is 0 Å². The van der Waals surface area contributed by atoms with Gasteiger partial charge in [-0.15, -0.1) is 0 Å². The number of carboxylic acids is 1. The van der Waals surface area contributed by atoms with E-state index in [0.29, 0.717) is 6.42 Å². The Hall–Kier alpha value is 2.59. The minimum Gasteiger partial charge on any atom is -1.00 e. The molecule has 2 nitrogen and oxygen atoms in total. The van der Waals surface area contributed by atoms with Crippen LogP contribution in [0.1, 0.15) is 48.3 Å². The van der Waals surface area contributed by atoms with Crippen molar-refractivity contribution in [1.29, 1.82) is 0 Å². The van der Waals surface area contributed by atoms with E-state index in [4.69, 9.17) is 5.11 Å². The molecule has 0 unspecified atom stereocenters. The number of unbranched alkanes of at least 4 members (excludes halogenated alkanes) is 4. The minimum absolute atomic E-state index is 0. The van der Waals surface area contributed by atoms with Gasteiger partial charge in [0.15, 0.2) is 0 Å². The number of aliphatic carboxylic acids is 1. The third-order valence-corrected chi connectivity index (χ3v) is 1.49. The van der Waals surface area contributed by atoms with Crippen molar-refractivity contribution in [3.8, 4) is 0 Å². The topological polar surface area (TPSA) is 37.3 Å². The van der Waals surface area contributed by atoms with Crippen molar-refractivity contribution in [2.24, 2.45) is 0 Å². The molecule has 0 aliphatic rings. The first-order valence-corrected chi connectivity index (χ1v) is 3.99. The second kappa shape index (κ2) is 20.1. The average Bonchev–Trinajstić information content (AvgIpc) is 1.87. The molecule has 5 heteroatoms. The van der Waals surface area contributed by atoms with Crippen molar-refractivity contribution in [2.45, 2.75) is 45.4 Å². The minimum atomic E-state index is -0.670. The van der Waals surface area contributed by atoms with Crippen molar-refractivity contribution in [2.75, 3.05) is 0 Å². The zero-order valence-corrected chi connectivity index (χ0v) is 20.2. The summed E-state index contributed by atoms with van der Waals surface area (Å²) in [4.78, 5) is 10.0. The predicted octanol–water partition coefficient (Wildman–Crippen LogP) is 2.27. The Bertz CT molecular complexity index is 113. The number of rotatable bonds is 6. The summed E-state index contributed by atoms with van der Waals surface area (Å²) in [5, 5.41) is 8.27. The third kappa shape index (κ3) is 25.1. The van der Waals surface area contributed by atoms with Gasteiger partial charge in [0.05, 0.1) is 0 Å². The first kappa shape index (κ1) is 24.7. The molecule has 0 amide bonds. The van der Waals surface area contributed by atoms with Crippen LogP contribution in [0.4, 0.5) is 0 Å². The van der Waals surface area contributed by atoms with Crippen LogP contribution >= 0.6 is 0 Å². The maximum Gasteiger partial charge on any atom is 2.00 e. The number of hydrogen-bond acceptors (Lipinski definition) is 1. The molecule has 0 fully saturated rings. The molecule has 0 aromatic rings. The predicted molar refractivity (Wildman–Crippen MR) is 49.0 cm³/mol. The van der Waals surface area contributed by atoms with Gasteiger partial charge in [0.1, 0.15) is 0 Å². The van der Waals surface area contributed by atoms with Gasteiger partial charge >= 0.3 is 54.9 Å². The summed E-state index contributed by atoms with van der Waals surface area (Å²) in [5.74, 6) is -0.670.